The van der Waals surface area contributed by atoms with Gasteiger partial charge in [-0.3, -0.25) is 28.7 Å². The van der Waals surface area contributed by atoms with Gasteiger partial charge in [0.1, 0.15) is 40.8 Å². The number of aliphatic imine (C=N–C) groups is 1. The van der Waals surface area contributed by atoms with Gasteiger partial charge in [-0.25, -0.2) is 4.98 Å². The minimum absolute atomic E-state index is 0.0187. The van der Waals surface area contributed by atoms with Gasteiger partial charge in [-0.15, -0.1) is 32.9 Å². The summed E-state index contributed by atoms with van der Waals surface area (Å²) in [6, 6.07) is 19.9. The largest absolute Gasteiger partial charge is 0.490 e. The number of thiazole rings is 1. The monoisotopic (exact) mass is 1030 g/mol. The van der Waals surface area contributed by atoms with Crippen LogP contribution in [-0.2, 0) is 25.6 Å². The zero-order chi connectivity index (χ0) is 51.2. The lowest BCUT2D eigenvalue weighted by atomic mass is 9.85. The van der Waals surface area contributed by atoms with Gasteiger partial charge in [-0.05, 0) is 86.6 Å². The van der Waals surface area contributed by atoms with E-state index in [1.54, 1.807) is 22.7 Å². The summed E-state index contributed by atoms with van der Waals surface area (Å²) in [4.78, 5) is 68.8. The smallest absolute Gasteiger partial charge is 0.246 e. The molecule has 5 heterocycles. The number of aliphatic hydroxyl groups excluding tert-OH is 1. The van der Waals surface area contributed by atoms with E-state index in [-0.39, 0.29) is 61.7 Å². The number of thiophene rings is 1. The molecule has 1 saturated carbocycles. The summed E-state index contributed by atoms with van der Waals surface area (Å²) >= 11 is 9.51. The molecule has 1 aliphatic carbocycles. The summed E-state index contributed by atoms with van der Waals surface area (Å²) in [6.45, 7) is 15.5. The Morgan fingerprint density at radius 3 is 2.33 bits per heavy atom. The van der Waals surface area contributed by atoms with Crippen molar-refractivity contribution in [3.05, 3.63) is 133 Å². The van der Waals surface area contributed by atoms with Gasteiger partial charge < -0.3 is 30.7 Å². The maximum Gasteiger partial charge on any atom is 0.246 e. The van der Waals surface area contributed by atoms with Crippen LogP contribution in [0.4, 0.5) is 0 Å². The first-order chi connectivity index (χ1) is 34.3. The number of β-amino-alcohol motifs (C(OH)–C–C–N with tert-alkyl or cyclic N) is 1. The fourth-order valence-corrected chi connectivity index (χ4v) is 11.9. The summed E-state index contributed by atoms with van der Waals surface area (Å²) in [5.74, 6) is 0.606. The van der Waals surface area contributed by atoms with Crippen LogP contribution in [0.25, 0.3) is 15.4 Å². The molecule has 0 bridgehead atoms. The van der Waals surface area contributed by atoms with Crippen molar-refractivity contribution in [3.63, 3.8) is 0 Å². The van der Waals surface area contributed by atoms with E-state index in [9.17, 15) is 24.3 Å². The molecule has 4 amide bonds. The highest BCUT2D eigenvalue weighted by Crippen LogP contribution is 2.40. The highest BCUT2D eigenvalue weighted by molar-refractivity contribution is 7.15. The molecule has 376 valence electrons. The molecule has 1 unspecified atom stereocenters. The van der Waals surface area contributed by atoms with Crippen molar-refractivity contribution < 1.29 is 29.0 Å². The quantitative estimate of drug-likeness (QED) is 0.0832. The lowest BCUT2D eigenvalue weighted by molar-refractivity contribution is -0.144. The number of hydrogen-bond acceptors (Lipinski definition) is 12. The normalized spacial score (nSPS) is 20.3. The number of rotatable bonds is 14. The molecule has 0 spiro atoms. The van der Waals surface area contributed by atoms with Gasteiger partial charge in [0.2, 0.25) is 23.6 Å². The number of nitrogens with one attached hydrogen (secondary N) is 3. The standard InChI is InChI=1S/C54H60ClN9O6S2/c1-28-31(4)72-53-46(28)47(35-16-18-37(55)19-17-35)59-42(50-62-61-32(5)64(50)53)25-45(67)58-38-22-41(23-38)70-40-11-9-10-33(20-40)21-44(66)60-49(54(6,7)8)52(69)63-26-39(65)24-43(63)51(68)57-29(2)34-12-14-36(15-13-34)48-30(3)56-27-71-48/h9-20,27,29,38-39,41-43,49,65H,21-26H2,1-8H3,(H,57,68)(H,58,67)(H,60,66)/t29-,38-,39+,41-,42-,43-,49?/m0/s1. The number of benzene rings is 3. The zero-order valence-electron chi connectivity index (χ0n) is 41.7. The van der Waals surface area contributed by atoms with E-state index in [2.05, 4.69) is 45.0 Å². The SMILES string of the molecule is Cc1ncsc1-c1ccc([C@H](C)NC(=O)[C@@H]2C[C@@H](O)CN2C(=O)C(NC(=O)Cc2cccc(O[C@H]3C[C@H](NC(=O)C[C@@H]4N=C(c5ccc(Cl)cc5)c5c(sc(C)c5C)-n5c(C)nnc54)C3)c2)C(C)(C)C)cc1. The molecule has 72 heavy (non-hydrogen) atoms. The third-order valence-corrected chi connectivity index (χ3v) is 16.2. The van der Waals surface area contributed by atoms with E-state index in [0.29, 0.717) is 35.0 Å². The molecule has 18 heteroatoms. The molecule has 6 aromatic rings. The van der Waals surface area contributed by atoms with Crippen molar-refractivity contribution in [1.82, 2.24) is 40.6 Å². The third kappa shape index (κ3) is 10.8. The van der Waals surface area contributed by atoms with Crippen LogP contribution in [0.2, 0.25) is 5.02 Å². The van der Waals surface area contributed by atoms with E-state index in [1.807, 2.05) is 124 Å². The van der Waals surface area contributed by atoms with Gasteiger partial charge in [-0.2, -0.15) is 0 Å². The van der Waals surface area contributed by atoms with Gasteiger partial charge in [0.05, 0.1) is 46.8 Å². The van der Waals surface area contributed by atoms with Crippen LogP contribution in [0, 0.1) is 33.1 Å². The summed E-state index contributed by atoms with van der Waals surface area (Å²) in [6.07, 6.45) is 0.311. The molecule has 9 rings (SSSR count). The number of nitrogens with zero attached hydrogens (tertiary/aromatic N) is 6. The fraction of sp³-hybridized carbons (Fsp3) is 0.407. The number of ether oxygens (including phenoxy) is 1. The molecule has 3 aromatic heterocycles. The average molecular weight is 1030 g/mol. The number of likely N-dealkylation sites (tertiary alicyclic amines) is 1. The highest BCUT2D eigenvalue weighted by Gasteiger charge is 2.45. The fourth-order valence-electron chi connectivity index (χ4n) is 9.71. The third-order valence-electron chi connectivity index (χ3n) is 13.8. The summed E-state index contributed by atoms with van der Waals surface area (Å²) in [5.41, 5.74) is 8.50. The Kier molecular flexibility index (Phi) is 14.6. The average Bonchev–Trinajstić information content (AvgIpc) is 4.09. The lowest BCUT2D eigenvalue weighted by Crippen LogP contribution is -2.58. The molecule has 5 atom stereocenters. The molecular weight excluding hydrogens is 970 g/mol. The molecule has 2 aliphatic heterocycles. The molecule has 3 aromatic carbocycles. The molecular formula is C54H60ClN9O6S2. The van der Waals surface area contributed by atoms with Crippen LogP contribution in [0.15, 0.2) is 83.3 Å². The number of amides is 4. The zero-order valence-corrected chi connectivity index (χ0v) is 44.0. The molecule has 3 aliphatic rings. The van der Waals surface area contributed by atoms with Crippen LogP contribution in [0.1, 0.15) is 115 Å². The predicted octanol–water partition coefficient (Wildman–Crippen LogP) is 8.26. The number of halogens is 1. The van der Waals surface area contributed by atoms with Gasteiger partial charge in [0.15, 0.2) is 5.82 Å². The van der Waals surface area contributed by atoms with Crippen LogP contribution < -0.4 is 20.7 Å². The van der Waals surface area contributed by atoms with Crippen molar-refractivity contribution in [2.45, 2.75) is 130 Å². The number of aliphatic hydroxyl groups is 1. The second-order valence-electron chi connectivity index (χ2n) is 20.3. The Hall–Kier alpha value is -6.27. The van der Waals surface area contributed by atoms with Crippen molar-refractivity contribution in [2.75, 3.05) is 6.54 Å². The molecule has 0 radical (unpaired) electrons. The number of aryl methyl sites for hydroxylation is 3. The van der Waals surface area contributed by atoms with Crippen LogP contribution in [-0.4, -0.2) is 96.0 Å². The van der Waals surface area contributed by atoms with Crippen molar-refractivity contribution in [2.24, 2.45) is 10.4 Å². The Labute approximate surface area is 432 Å². The van der Waals surface area contributed by atoms with Gasteiger partial charge in [0.25, 0.3) is 0 Å². The molecule has 15 nitrogen and oxygen atoms in total. The number of carbonyl (C=O) groups is 4. The second-order valence-corrected chi connectivity index (χ2v) is 22.8. The van der Waals surface area contributed by atoms with Crippen LogP contribution in [0.3, 0.4) is 0 Å². The Bertz CT molecular complexity index is 3040. The van der Waals surface area contributed by atoms with Gasteiger partial charge in [0, 0.05) is 52.9 Å². The minimum atomic E-state index is -0.975. The Balaban J connectivity index is 0.787. The molecule has 2 fully saturated rings. The van der Waals surface area contributed by atoms with E-state index in [1.165, 1.54) is 9.78 Å². The highest BCUT2D eigenvalue weighted by atomic mass is 35.5. The molecule has 1 saturated heterocycles. The van der Waals surface area contributed by atoms with Gasteiger partial charge in [-0.1, -0.05) is 80.9 Å². The number of fused-ring (bicyclic) bond motifs is 3. The molecule has 4 N–H and O–H groups in total. The van der Waals surface area contributed by atoms with Crippen molar-refractivity contribution >= 4 is 63.6 Å². The van der Waals surface area contributed by atoms with E-state index in [0.717, 1.165) is 54.9 Å². The number of carbonyl (C=O) groups excluding carboxylic acids is 4. The van der Waals surface area contributed by atoms with Crippen LogP contribution >= 0.6 is 34.3 Å². The number of hydrogen-bond donors (Lipinski definition) is 4. The summed E-state index contributed by atoms with van der Waals surface area (Å²) in [5, 5.41) is 30.5. The predicted molar refractivity (Wildman–Crippen MR) is 280 cm³/mol. The first-order valence-electron chi connectivity index (χ1n) is 24.3. The van der Waals surface area contributed by atoms with Crippen LogP contribution in [0.5, 0.6) is 5.75 Å². The Morgan fingerprint density at radius 2 is 1.64 bits per heavy atom. The first-order valence-corrected chi connectivity index (χ1v) is 26.4. The first kappa shape index (κ1) is 50.7. The van der Waals surface area contributed by atoms with Crippen molar-refractivity contribution in [1.29, 1.82) is 0 Å². The topological polar surface area (TPSA) is 193 Å². The maximum absolute atomic E-state index is 14.3. The number of aromatic nitrogens is 4. The lowest BCUT2D eigenvalue weighted by Gasteiger charge is -2.36. The van der Waals surface area contributed by atoms with Crippen molar-refractivity contribution in [3.8, 4) is 21.2 Å². The maximum atomic E-state index is 14.3. The van der Waals surface area contributed by atoms with Gasteiger partial charge >= 0.3 is 0 Å². The summed E-state index contributed by atoms with van der Waals surface area (Å²) < 4.78 is 8.36. The summed E-state index contributed by atoms with van der Waals surface area (Å²) in [7, 11) is 0. The second kappa shape index (κ2) is 20.7. The minimum Gasteiger partial charge on any atom is -0.490 e. The van der Waals surface area contributed by atoms with E-state index >= 15 is 0 Å². The van der Waals surface area contributed by atoms with E-state index < -0.39 is 35.6 Å². The Morgan fingerprint density at radius 1 is 0.917 bits per heavy atom. The van der Waals surface area contributed by atoms with E-state index in [4.69, 9.17) is 21.3 Å².